The predicted octanol–water partition coefficient (Wildman–Crippen LogP) is 1.87. The number of hydrogen-bond donors (Lipinski definition) is 2. The average Bonchev–Trinajstić information content (AvgIpc) is 2.44. The van der Waals surface area contributed by atoms with Crippen molar-refractivity contribution in [3.05, 3.63) is 41.0 Å². The van der Waals surface area contributed by atoms with Crippen LogP contribution >= 0.6 is 0 Å². The van der Waals surface area contributed by atoms with Gasteiger partial charge in [0.1, 0.15) is 16.7 Å². The molecule has 2 rings (SSSR count). The van der Waals surface area contributed by atoms with Gasteiger partial charge in [0, 0.05) is 0 Å². The number of ether oxygens (including phenoxy) is 2. The van der Waals surface area contributed by atoms with E-state index >= 15 is 0 Å². The molecule has 0 aliphatic heterocycles. The molecule has 110 valence electrons. The van der Waals surface area contributed by atoms with Crippen LogP contribution in [0.15, 0.2) is 39.7 Å². The molecule has 0 atom stereocenters. The van der Waals surface area contributed by atoms with Gasteiger partial charge in [0.05, 0.1) is 6.26 Å². The van der Waals surface area contributed by atoms with Crippen LogP contribution in [0.4, 0.5) is 0 Å². The maximum atomic E-state index is 11.7. The van der Waals surface area contributed by atoms with Gasteiger partial charge in [-0.05, 0) is 19.1 Å². The van der Waals surface area contributed by atoms with Crippen LogP contribution < -0.4 is 15.1 Å². The van der Waals surface area contributed by atoms with Gasteiger partial charge in [0.25, 0.3) is 5.75 Å². The number of rotatable bonds is 5. The molecule has 1 heterocycles. The Morgan fingerprint density at radius 2 is 2.19 bits per heavy atom. The summed E-state index contributed by atoms with van der Waals surface area (Å²) in [6.45, 7) is 1.07. The summed E-state index contributed by atoms with van der Waals surface area (Å²) < 4.78 is 15.1. The van der Waals surface area contributed by atoms with Crippen LogP contribution in [-0.2, 0) is 4.79 Å². The lowest BCUT2D eigenvalue weighted by molar-refractivity contribution is -0.139. The number of allylic oxidation sites excluding steroid dienone is 1. The normalized spacial score (nSPS) is 10.9. The van der Waals surface area contributed by atoms with Gasteiger partial charge >= 0.3 is 11.6 Å². The third-order valence-corrected chi connectivity index (χ3v) is 2.50. The number of carboxylic acid groups (broad SMARTS) is 1. The number of carbonyl (C=O) groups is 1. The van der Waals surface area contributed by atoms with E-state index in [1.54, 1.807) is 6.92 Å². The lowest BCUT2D eigenvalue weighted by atomic mass is 10.2. The number of aliphatic carboxylic acids is 1. The number of aromatic hydroxyl groups is 1. The molecule has 0 saturated heterocycles. The third-order valence-electron chi connectivity index (χ3n) is 2.50. The Hall–Kier alpha value is -2.96. The Labute approximate surface area is 118 Å². The molecule has 7 heteroatoms. The summed E-state index contributed by atoms with van der Waals surface area (Å²) >= 11 is 0. The van der Waals surface area contributed by atoms with E-state index in [9.17, 15) is 14.7 Å². The van der Waals surface area contributed by atoms with E-state index in [0.717, 1.165) is 0 Å². The minimum Gasteiger partial charge on any atom is -0.503 e. The zero-order valence-corrected chi connectivity index (χ0v) is 11.0. The van der Waals surface area contributed by atoms with Crippen LogP contribution in [-0.4, -0.2) is 22.8 Å². The highest BCUT2D eigenvalue weighted by Gasteiger charge is 2.18. The number of benzene rings is 1. The quantitative estimate of drug-likeness (QED) is 0.640. The minimum atomic E-state index is -1.17. The van der Waals surface area contributed by atoms with Crippen molar-refractivity contribution in [3.63, 3.8) is 0 Å². The van der Waals surface area contributed by atoms with Gasteiger partial charge in [-0.3, -0.25) is 0 Å². The van der Waals surface area contributed by atoms with E-state index < -0.39 is 29.7 Å². The molecule has 21 heavy (non-hydrogen) atoms. The molecule has 0 unspecified atom stereocenters. The monoisotopic (exact) mass is 292 g/mol. The Morgan fingerprint density at radius 3 is 2.86 bits per heavy atom. The van der Waals surface area contributed by atoms with Crippen LogP contribution in [0, 0.1) is 0 Å². The van der Waals surface area contributed by atoms with E-state index in [-0.39, 0.29) is 16.7 Å². The van der Waals surface area contributed by atoms with Crippen LogP contribution in [0.1, 0.15) is 6.92 Å². The smallest absolute Gasteiger partial charge is 0.383 e. The Bertz CT molecular complexity index is 758. The van der Waals surface area contributed by atoms with Crippen LogP contribution in [0.2, 0.25) is 0 Å². The molecule has 0 bridgehead atoms. The van der Waals surface area contributed by atoms with Crippen molar-refractivity contribution in [2.45, 2.75) is 6.92 Å². The van der Waals surface area contributed by atoms with Gasteiger partial charge in [-0.15, -0.1) is 0 Å². The molecular weight excluding hydrogens is 280 g/mol. The van der Waals surface area contributed by atoms with Crippen molar-refractivity contribution in [2.24, 2.45) is 0 Å². The van der Waals surface area contributed by atoms with Crippen molar-refractivity contribution in [1.29, 1.82) is 0 Å². The molecule has 0 aliphatic rings. The summed E-state index contributed by atoms with van der Waals surface area (Å²) in [7, 11) is 0. The number of carboxylic acids is 1. The first-order valence-corrected chi connectivity index (χ1v) is 5.95. The fourth-order valence-corrected chi connectivity index (χ4v) is 1.69. The van der Waals surface area contributed by atoms with Crippen molar-refractivity contribution < 1.29 is 28.9 Å². The summed E-state index contributed by atoms with van der Waals surface area (Å²) in [4.78, 5) is 22.3. The zero-order chi connectivity index (χ0) is 15.4. The van der Waals surface area contributed by atoms with Crippen molar-refractivity contribution in [2.75, 3.05) is 6.61 Å². The molecule has 0 spiro atoms. The summed E-state index contributed by atoms with van der Waals surface area (Å²) in [6.07, 6.45) is 2.73. The SMILES string of the molecule is C/C=C\Oc1c(O)c2c(OCC(=O)O)cccc2oc1=O. The lowest BCUT2D eigenvalue weighted by Gasteiger charge is -2.09. The van der Waals surface area contributed by atoms with E-state index in [4.69, 9.17) is 19.0 Å². The Balaban J connectivity index is 2.61. The second kappa shape index (κ2) is 6.00. The van der Waals surface area contributed by atoms with Crippen LogP contribution in [0.3, 0.4) is 0 Å². The average molecular weight is 292 g/mol. The van der Waals surface area contributed by atoms with Gasteiger partial charge in [-0.1, -0.05) is 12.1 Å². The number of fused-ring (bicyclic) bond motifs is 1. The van der Waals surface area contributed by atoms with Crippen molar-refractivity contribution >= 4 is 16.9 Å². The summed E-state index contributed by atoms with van der Waals surface area (Å²) in [5, 5.41) is 18.9. The van der Waals surface area contributed by atoms with Gasteiger partial charge in [-0.2, -0.15) is 0 Å². The molecule has 1 aromatic carbocycles. The maximum absolute atomic E-state index is 11.7. The molecule has 0 fully saturated rings. The highest BCUT2D eigenvalue weighted by Crippen LogP contribution is 2.37. The topological polar surface area (TPSA) is 106 Å². The predicted molar refractivity (Wildman–Crippen MR) is 72.7 cm³/mol. The molecular formula is C14H12O7. The van der Waals surface area contributed by atoms with Gasteiger partial charge < -0.3 is 24.1 Å². The number of hydrogen-bond acceptors (Lipinski definition) is 6. The third kappa shape index (κ3) is 2.97. The van der Waals surface area contributed by atoms with E-state index in [0.29, 0.717) is 0 Å². The fraction of sp³-hybridized carbons (Fsp3) is 0.143. The van der Waals surface area contributed by atoms with E-state index in [1.165, 1.54) is 30.5 Å². The summed E-state index contributed by atoms with van der Waals surface area (Å²) in [5.41, 5.74) is -0.790. The minimum absolute atomic E-state index is 0.0632. The standard InChI is InChI=1S/C14H12O7/c1-2-6-19-13-12(17)11-8(20-7-10(15)16)4-3-5-9(11)21-14(13)18/h2-6,17H,7H2,1H3,(H,15,16)/b6-2-. The zero-order valence-electron chi connectivity index (χ0n) is 11.0. The van der Waals surface area contributed by atoms with E-state index in [2.05, 4.69) is 0 Å². The fourth-order valence-electron chi connectivity index (χ4n) is 1.69. The Morgan fingerprint density at radius 1 is 1.43 bits per heavy atom. The highest BCUT2D eigenvalue weighted by molar-refractivity contribution is 5.91. The van der Waals surface area contributed by atoms with Gasteiger partial charge in [0.15, 0.2) is 12.4 Å². The van der Waals surface area contributed by atoms with E-state index in [1.807, 2.05) is 0 Å². The first kappa shape index (κ1) is 14.4. The summed E-state index contributed by atoms with van der Waals surface area (Å²) in [6, 6.07) is 4.41. The molecule has 0 aliphatic carbocycles. The first-order valence-electron chi connectivity index (χ1n) is 5.95. The molecule has 2 N–H and O–H groups in total. The first-order chi connectivity index (χ1) is 10.0. The molecule has 0 radical (unpaired) electrons. The Kier molecular flexibility index (Phi) is 4.13. The lowest BCUT2D eigenvalue weighted by Crippen LogP contribution is -2.10. The largest absolute Gasteiger partial charge is 0.503 e. The molecule has 2 aromatic rings. The molecule has 7 nitrogen and oxygen atoms in total. The molecule has 1 aromatic heterocycles. The maximum Gasteiger partial charge on any atom is 0.383 e. The summed E-state index contributed by atoms with van der Waals surface area (Å²) in [5.74, 6) is -1.97. The molecule has 0 amide bonds. The van der Waals surface area contributed by atoms with Crippen LogP contribution in [0.25, 0.3) is 11.0 Å². The second-order valence-corrected chi connectivity index (χ2v) is 3.97. The molecule has 0 saturated carbocycles. The van der Waals surface area contributed by atoms with Crippen LogP contribution in [0.5, 0.6) is 17.2 Å². The van der Waals surface area contributed by atoms with Crippen molar-refractivity contribution in [1.82, 2.24) is 0 Å². The van der Waals surface area contributed by atoms with Gasteiger partial charge in [-0.25, -0.2) is 9.59 Å². The van der Waals surface area contributed by atoms with Crippen molar-refractivity contribution in [3.8, 4) is 17.2 Å². The highest BCUT2D eigenvalue weighted by atomic mass is 16.5. The second-order valence-electron chi connectivity index (χ2n) is 3.97. The van der Waals surface area contributed by atoms with Gasteiger partial charge in [0.2, 0.25) is 0 Å².